The number of hydrogen-bond acceptors (Lipinski definition) is 5. The lowest BCUT2D eigenvalue weighted by atomic mass is 10.2. The lowest BCUT2D eigenvalue weighted by molar-refractivity contribution is -0.136. The number of benzene rings is 1. The highest BCUT2D eigenvalue weighted by Gasteiger charge is 2.31. The molecule has 0 radical (unpaired) electrons. The van der Waals surface area contributed by atoms with Crippen LogP contribution in [-0.4, -0.2) is 48.6 Å². The van der Waals surface area contributed by atoms with E-state index in [2.05, 4.69) is 5.32 Å². The van der Waals surface area contributed by atoms with Gasteiger partial charge in [0.25, 0.3) is 5.91 Å². The van der Waals surface area contributed by atoms with Crippen LogP contribution in [0.4, 0.5) is 4.79 Å². The zero-order valence-corrected chi connectivity index (χ0v) is 13.2. The van der Waals surface area contributed by atoms with Gasteiger partial charge in [0.05, 0.1) is 12.2 Å². The third-order valence-electron chi connectivity index (χ3n) is 3.32. The fourth-order valence-electron chi connectivity index (χ4n) is 2.09. The van der Waals surface area contributed by atoms with E-state index in [0.717, 1.165) is 11.3 Å². The number of carbonyl (C=O) groups is 3. The molecule has 1 aromatic carbocycles. The molecule has 1 aliphatic heterocycles. The second-order valence-corrected chi connectivity index (χ2v) is 5.14. The minimum Gasteiger partial charge on any atom is -0.494 e. The first kappa shape index (κ1) is 16.8. The number of rotatable bonds is 6. The summed E-state index contributed by atoms with van der Waals surface area (Å²) in [5.41, 5.74) is 0.319. The minimum absolute atomic E-state index is 0.281. The van der Waals surface area contributed by atoms with Gasteiger partial charge in [-0.3, -0.25) is 9.69 Å². The van der Waals surface area contributed by atoms with Crippen molar-refractivity contribution in [3.8, 4) is 5.75 Å². The Morgan fingerprint density at radius 1 is 1.30 bits per heavy atom. The van der Waals surface area contributed by atoms with Gasteiger partial charge in [-0.1, -0.05) is 6.92 Å². The number of ether oxygens (including phenoxy) is 2. The normalized spacial score (nSPS) is 15.0. The smallest absolute Gasteiger partial charge is 0.338 e. The predicted molar refractivity (Wildman–Crippen MR) is 82.2 cm³/mol. The zero-order chi connectivity index (χ0) is 16.8. The maximum atomic E-state index is 12.1. The van der Waals surface area contributed by atoms with Crippen molar-refractivity contribution in [1.29, 1.82) is 0 Å². The van der Waals surface area contributed by atoms with Crippen molar-refractivity contribution in [1.82, 2.24) is 10.2 Å². The van der Waals surface area contributed by atoms with Gasteiger partial charge in [0.15, 0.2) is 6.10 Å². The first-order valence-corrected chi connectivity index (χ1v) is 7.56. The Morgan fingerprint density at radius 3 is 2.57 bits per heavy atom. The molecule has 7 heteroatoms. The molecule has 0 bridgehead atoms. The van der Waals surface area contributed by atoms with Crippen LogP contribution in [0.15, 0.2) is 24.3 Å². The lowest BCUT2D eigenvalue weighted by Crippen LogP contribution is -2.41. The molecule has 0 aliphatic carbocycles. The summed E-state index contributed by atoms with van der Waals surface area (Å²) < 4.78 is 10.6. The van der Waals surface area contributed by atoms with Gasteiger partial charge in [0.1, 0.15) is 5.75 Å². The number of urea groups is 1. The van der Waals surface area contributed by atoms with Gasteiger partial charge in [0, 0.05) is 13.1 Å². The molecule has 1 saturated heterocycles. The Morgan fingerprint density at radius 2 is 2.00 bits per heavy atom. The highest BCUT2D eigenvalue weighted by Crippen LogP contribution is 2.14. The molecular formula is C16H20N2O5. The Bertz CT molecular complexity index is 585. The molecule has 1 atom stereocenters. The minimum atomic E-state index is -1.03. The summed E-state index contributed by atoms with van der Waals surface area (Å²) in [6.07, 6.45) is -0.129. The Labute approximate surface area is 134 Å². The van der Waals surface area contributed by atoms with E-state index in [-0.39, 0.29) is 6.54 Å². The zero-order valence-electron chi connectivity index (χ0n) is 13.2. The van der Waals surface area contributed by atoms with Crippen LogP contribution < -0.4 is 10.1 Å². The van der Waals surface area contributed by atoms with Gasteiger partial charge in [-0.05, 0) is 37.6 Å². The van der Waals surface area contributed by atoms with Crippen LogP contribution in [0.2, 0.25) is 0 Å². The molecule has 23 heavy (non-hydrogen) atoms. The molecule has 2 rings (SSSR count). The predicted octanol–water partition coefficient (Wildman–Crippen LogP) is 1.57. The first-order chi connectivity index (χ1) is 11.0. The van der Waals surface area contributed by atoms with Gasteiger partial charge in [-0.25, -0.2) is 9.59 Å². The summed E-state index contributed by atoms with van der Waals surface area (Å²) in [5.74, 6) is -0.481. The number of imide groups is 1. The third kappa shape index (κ3) is 4.21. The van der Waals surface area contributed by atoms with E-state index in [9.17, 15) is 14.4 Å². The lowest BCUT2D eigenvalue weighted by Gasteiger charge is -2.18. The van der Waals surface area contributed by atoms with Crippen LogP contribution in [0.25, 0.3) is 0 Å². The van der Waals surface area contributed by atoms with Crippen LogP contribution in [0.3, 0.4) is 0 Å². The average molecular weight is 320 g/mol. The maximum absolute atomic E-state index is 12.1. The van der Waals surface area contributed by atoms with Crippen LogP contribution in [0.1, 0.15) is 30.6 Å². The van der Waals surface area contributed by atoms with Crippen molar-refractivity contribution in [2.75, 3.05) is 19.7 Å². The van der Waals surface area contributed by atoms with E-state index in [4.69, 9.17) is 9.47 Å². The van der Waals surface area contributed by atoms with Crippen LogP contribution in [0.5, 0.6) is 5.75 Å². The molecule has 0 spiro atoms. The molecule has 0 unspecified atom stereocenters. The van der Waals surface area contributed by atoms with Gasteiger partial charge in [-0.15, -0.1) is 0 Å². The van der Waals surface area contributed by atoms with E-state index in [0.29, 0.717) is 24.5 Å². The van der Waals surface area contributed by atoms with Gasteiger partial charge >= 0.3 is 12.0 Å². The SMILES string of the molecule is CCCOc1ccc(C(=O)O[C@@H](C)C(=O)N2CCNC2=O)cc1. The quantitative estimate of drug-likeness (QED) is 0.804. The van der Waals surface area contributed by atoms with Gasteiger partial charge < -0.3 is 14.8 Å². The average Bonchev–Trinajstić information content (AvgIpc) is 2.98. The largest absolute Gasteiger partial charge is 0.494 e. The van der Waals surface area contributed by atoms with Crippen molar-refractivity contribution < 1.29 is 23.9 Å². The monoisotopic (exact) mass is 320 g/mol. The Kier molecular flexibility index (Phi) is 5.56. The molecule has 0 saturated carbocycles. The number of nitrogens with one attached hydrogen (secondary N) is 1. The molecule has 124 valence electrons. The molecule has 1 aliphatic rings. The highest BCUT2D eigenvalue weighted by atomic mass is 16.5. The van der Waals surface area contributed by atoms with E-state index in [1.54, 1.807) is 24.3 Å². The maximum Gasteiger partial charge on any atom is 0.338 e. The first-order valence-electron chi connectivity index (χ1n) is 7.56. The van der Waals surface area contributed by atoms with E-state index in [1.165, 1.54) is 6.92 Å². The van der Waals surface area contributed by atoms with E-state index in [1.807, 2.05) is 6.92 Å². The summed E-state index contributed by atoms with van der Waals surface area (Å²) in [5, 5.41) is 2.53. The molecule has 7 nitrogen and oxygen atoms in total. The molecular weight excluding hydrogens is 300 g/mol. The number of nitrogens with zero attached hydrogens (tertiary/aromatic N) is 1. The van der Waals surface area contributed by atoms with Gasteiger partial charge in [0.2, 0.25) is 0 Å². The van der Waals surface area contributed by atoms with Crippen molar-refractivity contribution in [2.45, 2.75) is 26.4 Å². The molecule has 3 amide bonds. The van der Waals surface area contributed by atoms with Gasteiger partial charge in [-0.2, -0.15) is 0 Å². The van der Waals surface area contributed by atoms with E-state index < -0.39 is 24.0 Å². The molecule has 0 aromatic heterocycles. The second kappa shape index (κ2) is 7.62. The molecule has 1 N–H and O–H groups in total. The summed E-state index contributed by atoms with van der Waals surface area (Å²) in [7, 11) is 0. The van der Waals surface area contributed by atoms with Crippen LogP contribution in [-0.2, 0) is 9.53 Å². The molecule has 1 heterocycles. The number of carbonyl (C=O) groups excluding carboxylic acids is 3. The summed E-state index contributed by atoms with van der Waals surface area (Å²) in [6.45, 7) is 4.75. The summed E-state index contributed by atoms with van der Waals surface area (Å²) in [4.78, 5) is 36.6. The Balaban J connectivity index is 1.92. The van der Waals surface area contributed by atoms with Crippen molar-refractivity contribution >= 4 is 17.9 Å². The van der Waals surface area contributed by atoms with Crippen molar-refractivity contribution in [2.24, 2.45) is 0 Å². The topological polar surface area (TPSA) is 84.9 Å². The van der Waals surface area contributed by atoms with E-state index >= 15 is 0 Å². The Hall–Kier alpha value is -2.57. The fourth-order valence-corrected chi connectivity index (χ4v) is 2.09. The standard InChI is InChI=1S/C16H20N2O5/c1-3-10-22-13-6-4-12(5-7-13)15(20)23-11(2)14(19)18-9-8-17-16(18)21/h4-7,11H,3,8-10H2,1-2H3,(H,17,21)/t11-/m0/s1. The van der Waals surface area contributed by atoms with Crippen LogP contribution >= 0.6 is 0 Å². The van der Waals surface area contributed by atoms with Crippen molar-refractivity contribution in [3.63, 3.8) is 0 Å². The summed E-state index contributed by atoms with van der Waals surface area (Å²) in [6, 6.07) is 6.04. The highest BCUT2D eigenvalue weighted by molar-refractivity contribution is 5.99. The molecule has 1 aromatic rings. The number of esters is 1. The number of amides is 3. The fraction of sp³-hybridized carbons (Fsp3) is 0.438. The van der Waals surface area contributed by atoms with Crippen LogP contribution in [0, 0.1) is 0 Å². The molecule has 1 fully saturated rings. The third-order valence-corrected chi connectivity index (χ3v) is 3.32. The number of hydrogen-bond donors (Lipinski definition) is 1. The second-order valence-electron chi connectivity index (χ2n) is 5.14. The van der Waals surface area contributed by atoms with Crippen molar-refractivity contribution in [3.05, 3.63) is 29.8 Å². The summed E-state index contributed by atoms with van der Waals surface area (Å²) >= 11 is 0.